The van der Waals surface area contributed by atoms with Gasteiger partial charge in [0.05, 0.1) is 5.02 Å². The van der Waals surface area contributed by atoms with Crippen molar-refractivity contribution in [2.45, 2.75) is 19.0 Å². The summed E-state index contributed by atoms with van der Waals surface area (Å²) in [6.45, 7) is 8.99. The maximum absolute atomic E-state index is 6.34. The number of halogens is 1. The van der Waals surface area contributed by atoms with Crippen LogP contribution < -0.4 is 14.8 Å². The van der Waals surface area contributed by atoms with Gasteiger partial charge in [-0.05, 0) is 24.1 Å². The molecule has 0 saturated carbocycles. The third-order valence-corrected chi connectivity index (χ3v) is 5.26. The van der Waals surface area contributed by atoms with E-state index in [1.165, 1.54) is 25.1 Å². The molecule has 23 heavy (non-hydrogen) atoms. The average molecular weight is 338 g/mol. The van der Waals surface area contributed by atoms with Gasteiger partial charge in [-0.2, -0.15) is 0 Å². The Bertz CT molecular complexity index is 563. The third-order valence-electron chi connectivity index (χ3n) is 4.98. The van der Waals surface area contributed by atoms with E-state index in [1.54, 1.807) is 0 Å². The topological polar surface area (TPSA) is 37.0 Å². The van der Waals surface area contributed by atoms with E-state index in [0.29, 0.717) is 30.0 Å². The van der Waals surface area contributed by atoms with Crippen LogP contribution in [0.4, 0.5) is 0 Å². The van der Waals surface area contributed by atoms with E-state index in [-0.39, 0.29) is 0 Å². The number of benzene rings is 1. The summed E-state index contributed by atoms with van der Waals surface area (Å²) >= 11 is 6.34. The van der Waals surface area contributed by atoms with Crippen molar-refractivity contribution in [1.82, 2.24) is 15.1 Å². The Hall–Kier alpha value is -1.01. The second kappa shape index (κ2) is 6.85. The molecule has 1 aromatic rings. The molecule has 0 bridgehead atoms. The van der Waals surface area contributed by atoms with E-state index in [9.17, 15) is 0 Å². The van der Waals surface area contributed by atoms with E-state index in [0.717, 1.165) is 38.5 Å². The fourth-order valence-corrected chi connectivity index (χ4v) is 4.10. The molecule has 2 fully saturated rings. The van der Waals surface area contributed by atoms with Crippen LogP contribution in [-0.2, 0) is 6.54 Å². The monoisotopic (exact) mass is 337 g/mol. The highest BCUT2D eigenvalue weighted by Crippen LogP contribution is 2.38. The normalized spacial score (nSPS) is 25.7. The first kappa shape index (κ1) is 15.5. The average Bonchev–Trinajstić information content (AvgIpc) is 3.04. The highest BCUT2D eigenvalue weighted by molar-refractivity contribution is 6.32. The molecule has 0 spiro atoms. The number of nitrogens with one attached hydrogen (secondary N) is 1. The van der Waals surface area contributed by atoms with E-state index in [1.807, 2.05) is 6.07 Å². The lowest BCUT2D eigenvalue weighted by atomic mass is 10.1. The summed E-state index contributed by atoms with van der Waals surface area (Å²) in [5, 5.41) is 4.09. The Balaban J connectivity index is 1.40. The third kappa shape index (κ3) is 3.43. The number of fused-ring (bicyclic) bond motifs is 1. The lowest BCUT2D eigenvalue weighted by Gasteiger charge is -2.32. The molecule has 5 nitrogen and oxygen atoms in total. The summed E-state index contributed by atoms with van der Waals surface area (Å²) in [7, 11) is 0. The molecule has 1 N–H and O–H groups in total. The molecule has 3 aliphatic rings. The lowest BCUT2D eigenvalue weighted by molar-refractivity contribution is 0.168. The molecule has 3 aliphatic heterocycles. The van der Waals surface area contributed by atoms with Gasteiger partial charge in [0.1, 0.15) is 13.2 Å². The number of nitrogens with zero attached hydrogens (tertiary/aromatic N) is 2. The predicted molar refractivity (Wildman–Crippen MR) is 90.6 cm³/mol. The lowest BCUT2D eigenvalue weighted by Crippen LogP contribution is -2.49. The van der Waals surface area contributed by atoms with E-state index in [4.69, 9.17) is 21.1 Å². The number of hydrogen-bond acceptors (Lipinski definition) is 5. The maximum Gasteiger partial charge on any atom is 0.179 e. The van der Waals surface area contributed by atoms with Gasteiger partial charge < -0.3 is 14.8 Å². The SMILES string of the molecule is Clc1cc(CN2CCC(N3CCNCC3)C2)cc2c1OCCO2. The van der Waals surface area contributed by atoms with Crippen molar-refractivity contribution in [3.63, 3.8) is 0 Å². The number of ether oxygens (including phenoxy) is 2. The van der Waals surface area contributed by atoms with Gasteiger partial charge >= 0.3 is 0 Å². The summed E-state index contributed by atoms with van der Waals surface area (Å²) in [5.74, 6) is 1.48. The van der Waals surface area contributed by atoms with Crippen molar-refractivity contribution in [3.05, 3.63) is 22.7 Å². The first-order valence-electron chi connectivity index (χ1n) is 8.55. The van der Waals surface area contributed by atoms with E-state index in [2.05, 4.69) is 21.2 Å². The first-order valence-corrected chi connectivity index (χ1v) is 8.92. The van der Waals surface area contributed by atoms with Crippen LogP contribution in [0.5, 0.6) is 11.5 Å². The van der Waals surface area contributed by atoms with Gasteiger partial charge in [-0.15, -0.1) is 0 Å². The summed E-state index contributed by atoms with van der Waals surface area (Å²) < 4.78 is 11.3. The molecule has 0 aliphatic carbocycles. The molecule has 4 rings (SSSR count). The van der Waals surface area contributed by atoms with Crippen LogP contribution in [0.1, 0.15) is 12.0 Å². The summed E-state index contributed by atoms with van der Waals surface area (Å²) in [5.41, 5.74) is 1.21. The van der Waals surface area contributed by atoms with Gasteiger partial charge in [0.25, 0.3) is 0 Å². The quantitative estimate of drug-likeness (QED) is 0.906. The molecule has 0 amide bonds. The zero-order chi connectivity index (χ0) is 15.6. The molecule has 3 heterocycles. The molecule has 1 unspecified atom stereocenters. The number of likely N-dealkylation sites (tertiary alicyclic amines) is 1. The van der Waals surface area contributed by atoms with Crippen LogP contribution in [0.25, 0.3) is 0 Å². The Morgan fingerprint density at radius 3 is 2.83 bits per heavy atom. The molecule has 1 atom stereocenters. The van der Waals surface area contributed by atoms with Crippen molar-refractivity contribution in [1.29, 1.82) is 0 Å². The van der Waals surface area contributed by atoms with Gasteiger partial charge in [-0.3, -0.25) is 9.80 Å². The smallest absolute Gasteiger partial charge is 0.179 e. The highest BCUT2D eigenvalue weighted by atomic mass is 35.5. The van der Waals surface area contributed by atoms with Crippen LogP contribution in [0.2, 0.25) is 5.02 Å². The Morgan fingerprint density at radius 2 is 1.96 bits per heavy atom. The van der Waals surface area contributed by atoms with E-state index >= 15 is 0 Å². The van der Waals surface area contributed by atoms with Crippen molar-refractivity contribution in [3.8, 4) is 11.5 Å². The van der Waals surface area contributed by atoms with Gasteiger partial charge in [0, 0.05) is 51.9 Å². The van der Waals surface area contributed by atoms with Crippen LogP contribution in [0.3, 0.4) is 0 Å². The molecule has 1 aromatic carbocycles. The molecular weight excluding hydrogens is 314 g/mol. The minimum absolute atomic E-state index is 0.574. The second-order valence-electron chi connectivity index (χ2n) is 6.57. The largest absolute Gasteiger partial charge is 0.486 e. The van der Waals surface area contributed by atoms with Crippen molar-refractivity contribution in [2.75, 3.05) is 52.5 Å². The predicted octanol–water partition coefficient (Wildman–Crippen LogP) is 1.59. The van der Waals surface area contributed by atoms with Gasteiger partial charge in [0.2, 0.25) is 0 Å². The number of piperazine rings is 1. The summed E-state index contributed by atoms with van der Waals surface area (Å²) in [4.78, 5) is 5.15. The Morgan fingerprint density at radius 1 is 1.13 bits per heavy atom. The van der Waals surface area contributed by atoms with Crippen molar-refractivity contribution < 1.29 is 9.47 Å². The van der Waals surface area contributed by atoms with Crippen LogP contribution in [0.15, 0.2) is 12.1 Å². The molecule has 2 saturated heterocycles. The van der Waals surface area contributed by atoms with Gasteiger partial charge in [0.15, 0.2) is 11.5 Å². The molecular formula is C17H24ClN3O2. The Kier molecular flexibility index (Phi) is 4.62. The van der Waals surface area contributed by atoms with Crippen LogP contribution in [0, 0.1) is 0 Å². The minimum Gasteiger partial charge on any atom is -0.486 e. The summed E-state index contributed by atoms with van der Waals surface area (Å²) in [6, 6.07) is 4.80. The molecule has 6 heteroatoms. The molecule has 126 valence electrons. The highest BCUT2D eigenvalue weighted by Gasteiger charge is 2.28. The van der Waals surface area contributed by atoms with Crippen molar-refractivity contribution in [2.24, 2.45) is 0 Å². The fourth-order valence-electron chi connectivity index (χ4n) is 3.81. The second-order valence-corrected chi connectivity index (χ2v) is 6.97. The molecule has 0 aromatic heterocycles. The van der Waals surface area contributed by atoms with Crippen LogP contribution >= 0.6 is 11.6 Å². The first-order chi connectivity index (χ1) is 11.3. The van der Waals surface area contributed by atoms with Gasteiger partial charge in [-0.1, -0.05) is 11.6 Å². The van der Waals surface area contributed by atoms with Crippen molar-refractivity contribution >= 4 is 11.6 Å². The van der Waals surface area contributed by atoms with Gasteiger partial charge in [-0.25, -0.2) is 0 Å². The standard InChI is InChI=1S/C17H24ClN3O2/c18-15-9-13(10-16-17(15)23-8-7-22-16)11-20-4-1-14(12-20)21-5-2-19-3-6-21/h9-10,14,19H,1-8,11-12H2. The maximum atomic E-state index is 6.34. The zero-order valence-corrected chi connectivity index (χ0v) is 14.1. The zero-order valence-electron chi connectivity index (χ0n) is 13.4. The molecule has 0 radical (unpaired) electrons. The Labute approximate surface area is 142 Å². The number of hydrogen-bond donors (Lipinski definition) is 1. The van der Waals surface area contributed by atoms with E-state index < -0.39 is 0 Å². The van der Waals surface area contributed by atoms with Crippen LogP contribution in [-0.4, -0.2) is 68.3 Å². The fraction of sp³-hybridized carbons (Fsp3) is 0.647. The summed E-state index contributed by atoms with van der Waals surface area (Å²) in [6.07, 6.45) is 1.26. The minimum atomic E-state index is 0.574. The number of rotatable bonds is 3.